The van der Waals surface area contributed by atoms with Crippen LogP contribution in [0.25, 0.3) is 5.65 Å². The number of ether oxygens (including phenoxy) is 1. The van der Waals surface area contributed by atoms with Crippen LogP contribution in [0.2, 0.25) is 0 Å². The van der Waals surface area contributed by atoms with Crippen LogP contribution in [-0.2, 0) is 4.74 Å². The normalized spacial score (nSPS) is 19.6. The number of hydrogen-bond donors (Lipinski definition) is 1. The number of fused-ring (bicyclic) bond motifs is 1. The molecule has 1 unspecified atom stereocenters. The largest absolute Gasteiger partial charge is 0.377 e. The van der Waals surface area contributed by atoms with Crippen molar-refractivity contribution in [2.45, 2.75) is 32.9 Å². The van der Waals surface area contributed by atoms with Gasteiger partial charge in [-0.1, -0.05) is 13.8 Å². The minimum Gasteiger partial charge on any atom is -0.377 e. The summed E-state index contributed by atoms with van der Waals surface area (Å²) >= 11 is 0. The molecular weight excluding hydrogens is 266 g/mol. The van der Waals surface area contributed by atoms with Gasteiger partial charge < -0.3 is 15.0 Å². The van der Waals surface area contributed by atoms with Gasteiger partial charge in [0.1, 0.15) is 12.1 Å². The summed E-state index contributed by atoms with van der Waals surface area (Å²) in [5.41, 5.74) is 2.10. The Morgan fingerprint density at radius 2 is 2.29 bits per heavy atom. The lowest BCUT2D eigenvalue weighted by molar-refractivity contribution is 0.0925. The number of hydrogen-bond acceptors (Lipinski definition) is 5. The van der Waals surface area contributed by atoms with Gasteiger partial charge in [-0.2, -0.15) is 9.61 Å². The van der Waals surface area contributed by atoms with Crippen molar-refractivity contribution in [1.29, 1.82) is 0 Å². The Bertz CT molecular complexity index is 609. The van der Waals surface area contributed by atoms with Crippen molar-refractivity contribution in [3.63, 3.8) is 0 Å². The maximum absolute atomic E-state index is 5.66. The molecule has 1 aliphatic heterocycles. The highest BCUT2D eigenvalue weighted by Crippen LogP contribution is 2.22. The van der Waals surface area contributed by atoms with Gasteiger partial charge in [0.15, 0.2) is 5.65 Å². The zero-order valence-electron chi connectivity index (χ0n) is 12.9. The third-order valence-corrected chi connectivity index (χ3v) is 3.79. The monoisotopic (exact) mass is 289 g/mol. The summed E-state index contributed by atoms with van der Waals surface area (Å²) in [4.78, 5) is 6.70. The second-order valence-electron chi connectivity index (χ2n) is 5.91. The molecule has 0 amide bonds. The third kappa shape index (κ3) is 3.01. The highest BCUT2D eigenvalue weighted by Gasteiger charge is 2.25. The molecule has 6 nitrogen and oxygen atoms in total. The van der Waals surface area contributed by atoms with E-state index in [1.54, 1.807) is 6.33 Å². The molecule has 1 N–H and O–H groups in total. The second kappa shape index (κ2) is 5.99. The van der Waals surface area contributed by atoms with E-state index in [0.29, 0.717) is 12.1 Å². The van der Waals surface area contributed by atoms with Crippen LogP contribution in [-0.4, -0.2) is 53.0 Å². The smallest absolute Gasteiger partial charge is 0.157 e. The summed E-state index contributed by atoms with van der Waals surface area (Å²) in [6.45, 7) is 9.70. The average molecular weight is 289 g/mol. The van der Waals surface area contributed by atoms with Crippen LogP contribution in [0.4, 0.5) is 5.82 Å². The molecule has 0 spiro atoms. The van der Waals surface area contributed by atoms with Gasteiger partial charge >= 0.3 is 0 Å². The van der Waals surface area contributed by atoms with Gasteiger partial charge in [0.05, 0.1) is 19.3 Å². The Balaban J connectivity index is 1.92. The molecule has 0 saturated carbocycles. The molecule has 0 aromatic carbocycles. The predicted molar refractivity (Wildman–Crippen MR) is 82.8 cm³/mol. The fourth-order valence-electron chi connectivity index (χ4n) is 2.74. The minimum atomic E-state index is 0.315. The molecule has 1 atom stereocenters. The van der Waals surface area contributed by atoms with Crippen LogP contribution in [0.1, 0.15) is 19.4 Å². The molecule has 0 aliphatic carbocycles. The topological polar surface area (TPSA) is 54.7 Å². The first-order valence-corrected chi connectivity index (χ1v) is 7.53. The Labute approximate surface area is 125 Å². The van der Waals surface area contributed by atoms with E-state index < -0.39 is 0 Å². The lowest BCUT2D eigenvalue weighted by Gasteiger charge is -2.37. The molecule has 3 rings (SSSR count). The van der Waals surface area contributed by atoms with Crippen molar-refractivity contribution in [2.24, 2.45) is 0 Å². The standard InChI is InChI=1S/C15H23N5O/c1-11(2)16-8-13-9-21-5-4-19(13)15-7-12(3)6-14-17-10-18-20(14)15/h6-7,10-11,13,16H,4-5,8-9H2,1-3H3. The van der Waals surface area contributed by atoms with Gasteiger partial charge in [0.2, 0.25) is 0 Å². The molecule has 1 saturated heterocycles. The number of pyridine rings is 1. The first-order chi connectivity index (χ1) is 10.1. The maximum Gasteiger partial charge on any atom is 0.157 e. The summed E-state index contributed by atoms with van der Waals surface area (Å²) < 4.78 is 7.58. The molecule has 1 fully saturated rings. The summed E-state index contributed by atoms with van der Waals surface area (Å²) in [7, 11) is 0. The molecule has 0 bridgehead atoms. The van der Waals surface area contributed by atoms with E-state index in [1.807, 2.05) is 4.52 Å². The Morgan fingerprint density at radius 3 is 3.10 bits per heavy atom. The van der Waals surface area contributed by atoms with E-state index in [2.05, 4.69) is 53.2 Å². The number of nitrogens with zero attached hydrogens (tertiary/aromatic N) is 4. The Kier molecular flexibility index (Phi) is 4.07. The molecule has 21 heavy (non-hydrogen) atoms. The summed E-state index contributed by atoms with van der Waals surface area (Å²) in [6.07, 6.45) is 1.61. The van der Waals surface area contributed by atoms with Crippen LogP contribution in [0, 0.1) is 6.92 Å². The number of anilines is 1. The second-order valence-corrected chi connectivity index (χ2v) is 5.91. The van der Waals surface area contributed by atoms with E-state index in [1.165, 1.54) is 5.56 Å². The molecular formula is C15H23N5O. The summed E-state index contributed by atoms with van der Waals surface area (Å²) in [5, 5.41) is 7.87. The summed E-state index contributed by atoms with van der Waals surface area (Å²) in [5.74, 6) is 1.10. The van der Waals surface area contributed by atoms with E-state index in [0.717, 1.165) is 37.8 Å². The Morgan fingerprint density at radius 1 is 1.43 bits per heavy atom. The zero-order valence-corrected chi connectivity index (χ0v) is 12.9. The van der Waals surface area contributed by atoms with Gasteiger partial charge in [0.25, 0.3) is 0 Å². The molecule has 6 heteroatoms. The molecule has 3 heterocycles. The fourth-order valence-corrected chi connectivity index (χ4v) is 2.74. The van der Waals surface area contributed by atoms with Crippen molar-refractivity contribution < 1.29 is 4.74 Å². The van der Waals surface area contributed by atoms with Crippen LogP contribution in [0.3, 0.4) is 0 Å². The van der Waals surface area contributed by atoms with E-state index in [9.17, 15) is 0 Å². The third-order valence-electron chi connectivity index (χ3n) is 3.79. The van der Waals surface area contributed by atoms with Crippen molar-refractivity contribution in [2.75, 3.05) is 31.2 Å². The SMILES string of the molecule is Cc1cc(N2CCOCC2CNC(C)C)n2ncnc2c1. The number of morpholine rings is 1. The van der Waals surface area contributed by atoms with Crippen LogP contribution in [0.15, 0.2) is 18.5 Å². The van der Waals surface area contributed by atoms with Crippen molar-refractivity contribution >= 4 is 11.5 Å². The predicted octanol–water partition coefficient (Wildman–Crippen LogP) is 1.24. The first kappa shape index (κ1) is 14.3. The average Bonchev–Trinajstić information content (AvgIpc) is 2.92. The fraction of sp³-hybridized carbons (Fsp3) is 0.600. The first-order valence-electron chi connectivity index (χ1n) is 7.53. The highest BCUT2D eigenvalue weighted by molar-refractivity contribution is 5.53. The zero-order chi connectivity index (χ0) is 14.8. The number of rotatable bonds is 4. The van der Waals surface area contributed by atoms with Crippen molar-refractivity contribution in [3.8, 4) is 0 Å². The molecule has 114 valence electrons. The maximum atomic E-state index is 5.66. The molecule has 0 radical (unpaired) electrons. The van der Waals surface area contributed by atoms with E-state index in [4.69, 9.17) is 4.74 Å². The molecule has 1 aliphatic rings. The molecule has 2 aromatic heterocycles. The van der Waals surface area contributed by atoms with E-state index in [-0.39, 0.29) is 0 Å². The van der Waals surface area contributed by atoms with Gasteiger partial charge in [-0.15, -0.1) is 0 Å². The highest BCUT2D eigenvalue weighted by atomic mass is 16.5. The van der Waals surface area contributed by atoms with Gasteiger partial charge in [-0.3, -0.25) is 0 Å². The van der Waals surface area contributed by atoms with Crippen LogP contribution < -0.4 is 10.2 Å². The van der Waals surface area contributed by atoms with Crippen molar-refractivity contribution in [1.82, 2.24) is 19.9 Å². The summed E-state index contributed by atoms with van der Waals surface area (Å²) in [6, 6.07) is 5.02. The van der Waals surface area contributed by atoms with Gasteiger partial charge in [-0.05, 0) is 24.6 Å². The van der Waals surface area contributed by atoms with Gasteiger partial charge in [-0.25, -0.2) is 4.98 Å². The lowest BCUT2D eigenvalue weighted by atomic mass is 10.2. The quantitative estimate of drug-likeness (QED) is 0.918. The van der Waals surface area contributed by atoms with Gasteiger partial charge in [0, 0.05) is 19.1 Å². The van der Waals surface area contributed by atoms with Crippen LogP contribution >= 0.6 is 0 Å². The number of aryl methyl sites for hydroxylation is 1. The molecule has 2 aromatic rings. The Hall–Kier alpha value is -1.66. The lowest BCUT2D eigenvalue weighted by Crippen LogP contribution is -2.52. The number of aromatic nitrogens is 3. The van der Waals surface area contributed by atoms with Crippen molar-refractivity contribution in [3.05, 3.63) is 24.0 Å². The van der Waals surface area contributed by atoms with Crippen LogP contribution in [0.5, 0.6) is 0 Å². The minimum absolute atomic E-state index is 0.315. The number of nitrogens with one attached hydrogen (secondary N) is 1. The van der Waals surface area contributed by atoms with E-state index >= 15 is 0 Å².